The lowest BCUT2D eigenvalue weighted by Crippen LogP contribution is -2.64. The first kappa shape index (κ1) is 38.5. The number of Topliss-reactive ketones (excluding diaryl/α,β-unsaturated/α-hetero) is 1. The van der Waals surface area contributed by atoms with E-state index >= 15 is 0 Å². The first-order valence-corrected chi connectivity index (χ1v) is 19.7. The van der Waals surface area contributed by atoms with Crippen LogP contribution >= 0.6 is 0 Å². The van der Waals surface area contributed by atoms with Gasteiger partial charge in [-0.1, -0.05) is 60.1 Å². The van der Waals surface area contributed by atoms with Gasteiger partial charge in [-0.3, -0.25) is 19.2 Å². The standard InChI is InChI=1S/C42H64O9/c1-24(43)49-30-23-48-34(36(51-26(3)45)35(30)50-25(2)44)29(46)22-42-19-17-37(4,5)21-28(42)27-11-12-32-39(8)15-14-33(47)38(6,7)31(39)13-16-41(32,10)40(27,9)18-20-42/h11,28-32,34-36,46H,12-23H2,1-10H3/t28?,29-,30-,31?,32?,34+,35+,36?,39+,40-,41-,42-/m1/s1. The molecule has 0 bridgehead atoms. The van der Waals surface area contributed by atoms with Gasteiger partial charge in [-0.25, -0.2) is 0 Å². The maximum absolute atomic E-state index is 13.2. The van der Waals surface area contributed by atoms with E-state index in [1.165, 1.54) is 20.8 Å². The predicted octanol–water partition coefficient (Wildman–Crippen LogP) is 7.30. The summed E-state index contributed by atoms with van der Waals surface area (Å²) in [5.74, 6) is -0.180. The first-order valence-electron chi connectivity index (χ1n) is 19.7. The van der Waals surface area contributed by atoms with E-state index in [0.717, 1.165) is 57.8 Å². The Morgan fingerprint density at radius 2 is 1.47 bits per heavy atom. The van der Waals surface area contributed by atoms with E-state index in [0.29, 0.717) is 30.5 Å². The average Bonchev–Trinajstić information content (AvgIpc) is 3.01. The number of rotatable bonds is 6. The highest BCUT2D eigenvalue weighted by atomic mass is 16.6. The lowest BCUT2D eigenvalue weighted by molar-refractivity contribution is -0.242. The van der Waals surface area contributed by atoms with Crippen LogP contribution in [-0.4, -0.2) is 65.9 Å². The largest absolute Gasteiger partial charge is 0.456 e. The quantitative estimate of drug-likeness (QED) is 0.172. The topological polar surface area (TPSA) is 125 Å². The van der Waals surface area contributed by atoms with Crippen molar-refractivity contribution >= 4 is 23.7 Å². The van der Waals surface area contributed by atoms with Gasteiger partial charge in [-0.05, 0) is 109 Å². The summed E-state index contributed by atoms with van der Waals surface area (Å²) in [4.78, 5) is 49.8. The molecule has 1 N–H and O–H groups in total. The van der Waals surface area contributed by atoms with E-state index in [2.05, 4.69) is 54.5 Å². The first-order chi connectivity index (χ1) is 23.6. The Labute approximate surface area is 305 Å². The van der Waals surface area contributed by atoms with E-state index in [-0.39, 0.29) is 45.0 Å². The van der Waals surface area contributed by atoms with Gasteiger partial charge >= 0.3 is 17.9 Å². The van der Waals surface area contributed by atoms with Gasteiger partial charge in [0.1, 0.15) is 11.9 Å². The SMILES string of the molecule is CC(=O)OC1[C@H]([C@H](O)C[C@]23CCC(C)(C)CC2C2=CCC4[C@@]5(C)CCC(=O)C(C)(C)C5CC[C@@]4(C)[C@]2(C)CC3)OC[C@@H](OC(C)=O)[C@@H]1OC(C)=O. The molecular formula is C42H64O9. The minimum atomic E-state index is -1.14. The number of hydrogen-bond donors (Lipinski definition) is 1. The summed E-state index contributed by atoms with van der Waals surface area (Å²) in [6.07, 6.45) is 7.82. The second-order valence-electron chi connectivity index (χ2n) is 19.6. The van der Waals surface area contributed by atoms with Gasteiger partial charge in [0.15, 0.2) is 18.3 Å². The summed E-state index contributed by atoms with van der Waals surface area (Å²) in [6.45, 7) is 20.5. The zero-order valence-corrected chi connectivity index (χ0v) is 32.9. The van der Waals surface area contributed by atoms with Crippen molar-refractivity contribution in [1.29, 1.82) is 0 Å². The number of hydrogen-bond acceptors (Lipinski definition) is 9. The lowest BCUT2D eigenvalue weighted by atomic mass is 9.33. The van der Waals surface area contributed by atoms with Crippen LogP contribution in [0.3, 0.4) is 0 Å². The van der Waals surface area contributed by atoms with Crippen LogP contribution in [0, 0.1) is 50.2 Å². The Hall–Kier alpha value is -2.26. The zero-order valence-electron chi connectivity index (χ0n) is 32.9. The molecule has 4 saturated carbocycles. The molecule has 12 atom stereocenters. The minimum absolute atomic E-state index is 0.00131. The highest BCUT2D eigenvalue weighted by Gasteiger charge is 2.68. The van der Waals surface area contributed by atoms with Gasteiger partial charge in [0, 0.05) is 32.6 Å². The fourth-order valence-corrected chi connectivity index (χ4v) is 13.1. The number of fused-ring (bicyclic) bond motifs is 7. The number of allylic oxidation sites excluding steroid dienone is 2. The highest BCUT2D eigenvalue weighted by Crippen LogP contribution is 2.76. The zero-order chi connectivity index (χ0) is 37.5. The van der Waals surface area contributed by atoms with Crippen LogP contribution in [-0.2, 0) is 38.1 Å². The van der Waals surface area contributed by atoms with Crippen LogP contribution in [0.4, 0.5) is 0 Å². The maximum Gasteiger partial charge on any atom is 0.303 e. The maximum atomic E-state index is 13.2. The van der Waals surface area contributed by atoms with Crippen molar-refractivity contribution in [2.24, 2.45) is 50.2 Å². The number of ether oxygens (including phenoxy) is 4. The fraction of sp³-hybridized carbons (Fsp3) is 0.857. The summed E-state index contributed by atoms with van der Waals surface area (Å²) in [7, 11) is 0. The monoisotopic (exact) mass is 712 g/mol. The van der Waals surface area contributed by atoms with Crippen molar-refractivity contribution in [1.82, 2.24) is 0 Å². The van der Waals surface area contributed by atoms with Crippen molar-refractivity contribution in [2.45, 2.75) is 170 Å². The van der Waals surface area contributed by atoms with E-state index in [1.807, 2.05) is 0 Å². The molecule has 0 amide bonds. The third-order valence-electron chi connectivity index (χ3n) is 15.9. The molecule has 286 valence electrons. The van der Waals surface area contributed by atoms with Gasteiger partial charge in [0.25, 0.3) is 0 Å². The third-order valence-corrected chi connectivity index (χ3v) is 15.9. The number of esters is 3. The van der Waals surface area contributed by atoms with Crippen LogP contribution in [0.5, 0.6) is 0 Å². The summed E-state index contributed by atoms with van der Waals surface area (Å²) >= 11 is 0. The second-order valence-corrected chi connectivity index (χ2v) is 19.6. The Balaban J connectivity index is 1.34. The third kappa shape index (κ3) is 6.22. The second kappa shape index (κ2) is 13.0. The van der Waals surface area contributed by atoms with Gasteiger partial charge in [0.2, 0.25) is 0 Å². The minimum Gasteiger partial charge on any atom is -0.456 e. The number of carbonyl (C=O) groups is 4. The van der Waals surface area contributed by atoms with Crippen LogP contribution < -0.4 is 0 Å². The van der Waals surface area contributed by atoms with Gasteiger partial charge in [-0.2, -0.15) is 0 Å². The fourth-order valence-electron chi connectivity index (χ4n) is 13.1. The summed E-state index contributed by atoms with van der Waals surface area (Å²) in [6, 6.07) is 0. The number of ketones is 1. The van der Waals surface area contributed by atoms with Crippen LogP contribution in [0.2, 0.25) is 0 Å². The summed E-state index contributed by atoms with van der Waals surface area (Å²) in [5, 5.41) is 12.2. The molecular weight excluding hydrogens is 648 g/mol. The van der Waals surface area contributed by atoms with E-state index in [1.54, 1.807) is 5.57 Å². The molecule has 0 aromatic rings. The average molecular weight is 713 g/mol. The van der Waals surface area contributed by atoms with Crippen LogP contribution in [0.25, 0.3) is 0 Å². The van der Waals surface area contributed by atoms with Crippen molar-refractivity contribution < 1.29 is 43.2 Å². The van der Waals surface area contributed by atoms with Gasteiger partial charge in [0.05, 0.1) is 12.7 Å². The van der Waals surface area contributed by atoms with Crippen LogP contribution in [0.15, 0.2) is 11.6 Å². The lowest BCUT2D eigenvalue weighted by Gasteiger charge is -2.71. The Kier molecular flexibility index (Phi) is 9.77. The summed E-state index contributed by atoms with van der Waals surface area (Å²) < 4.78 is 23.0. The van der Waals surface area contributed by atoms with Crippen LogP contribution in [0.1, 0.15) is 140 Å². The molecule has 5 fully saturated rings. The number of aliphatic hydroxyl groups excluding tert-OH is 1. The molecule has 1 heterocycles. The molecule has 1 saturated heterocycles. The van der Waals surface area contributed by atoms with Crippen molar-refractivity contribution in [3.05, 3.63) is 11.6 Å². The molecule has 1 aliphatic heterocycles. The molecule has 5 aliphatic carbocycles. The molecule has 0 radical (unpaired) electrons. The summed E-state index contributed by atoms with van der Waals surface area (Å²) in [5.41, 5.74) is 1.45. The van der Waals surface area contributed by atoms with Crippen molar-refractivity contribution in [3.63, 3.8) is 0 Å². The number of aliphatic hydroxyl groups is 1. The molecule has 0 aromatic carbocycles. The molecule has 0 aromatic heterocycles. The Morgan fingerprint density at radius 3 is 2.12 bits per heavy atom. The molecule has 9 nitrogen and oxygen atoms in total. The normalized spacial score (nSPS) is 44.6. The predicted molar refractivity (Wildman–Crippen MR) is 191 cm³/mol. The number of carbonyl (C=O) groups excluding carboxylic acids is 4. The van der Waals surface area contributed by atoms with Crippen molar-refractivity contribution in [2.75, 3.05) is 6.61 Å². The molecule has 6 aliphatic rings. The van der Waals surface area contributed by atoms with Gasteiger partial charge < -0.3 is 24.1 Å². The molecule has 9 heteroatoms. The Morgan fingerprint density at radius 1 is 0.843 bits per heavy atom. The van der Waals surface area contributed by atoms with E-state index < -0.39 is 48.4 Å². The van der Waals surface area contributed by atoms with Crippen molar-refractivity contribution in [3.8, 4) is 0 Å². The van der Waals surface area contributed by atoms with E-state index in [4.69, 9.17) is 18.9 Å². The molecule has 4 unspecified atom stereocenters. The smallest absolute Gasteiger partial charge is 0.303 e. The highest BCUT2D eigenvalue weighted by molar-refractivity contribution is 5.85. The Bertz CT molecular complexity index is 1460. The van der Waals surface area contributed by atoms with Gasteiger partial charge in [-0.15, -0.1) is 0 Å². The molecule has 51 heavy (non-hydrogen) atoms. The molecule has 0 spiro atoms. The van der Waals surface area contributed by atoms with E-state index in [9.17, 15) is 24.3 Å². The molecule has 6 rings (SSSR count).